The molecule has 0 amide bonds. The van der Waals surface area contributed by atoms with Crippen LogP contribution in [-0.2, 0) is 4.74 Å². The highest BCUT2D eigenvalue weighted by Crippen LogP contribution is 2.33. The third-order valence-electron chi connectivity index (χ3n) is 3.30. The largest absolute Gasteiger partial charge is 0.359 e. The molecule has 2 aliphatic rings. The summed E-state index contributed by atoms with van der Waals surface area (Å²) >= 11 is 0. The number of likely N-dealkylation sites (N-methyl/N-ethyl adjacent to an activating group) is 1. The first-order valence-electron chi connectivity index (χ1n) is 5.24. The van der Waals surface area contributed by atoms with Crippen LogP contribution >= 0.6 is 0 Å². The summed E-state index contributed by atoms with van der Waals surface area (Å²) in [5.41, 5.74) is 0. The second-order valence-electron chi connectivity index (χ2n) is 3.96. The molecule has 12 heavy (non-hydrogen) atoms. The van der Waals surface area contributed by atoms with Crippen molar-refractivity contribution in [2.24, 2.45) is 0 Å². The summed E-state index contributed by atoms with van der Waals surface area (Å²) in [5.74, 6) is 0. The molecule has 3 atom stereocenters. The van der Waals surface area contributed by atoms with Crippen molar-refractivity contribution in [3.8, 4) is 0 Å². The Kier molecular flexibility index (Phi) is 2.37. The Morgan fingerprint density at radius 1 is 1.33 bits per heavy atom. The van der Waals surface area contributed by atoms with Gasteiger partial charge in [0, 0.05) is 6.04 Å². The van der Waals surface area contributed by atoms with Crippen molar-refractivity contribution in [3.63, 3.8) is 0 Å². The predicted molar refractivity (Wildman–Crippen MR) is 49.0 cm³/mol. The van der Waals surface area contributed by atoms with E-state index in [0.29, 0.717) is 12.3 Å². The molecule has 0 bridgehead atoms. The summed E-state index contributed by atoms with van der Waals surface area (Å²) in [7, 11) is 0. The first-order chi connectivity index (χ1) is 5.83. The molecule has 1 heterocycles. The second kappa shape index (κ2) is 3.35. The maximum atomic E-state index is 5.89. The lowest BCUT2D eigenvalue weighted by Crippen LogP contribution is -2.39. The van der Waals surface area contributed by atoms with Crippen LogP contribution in [0.5, 0.6) is 0 Å². The molecule has 2 nitrogen and oxygen atoms in total. The standard InChI is InChI=1S/C10H19NO/c1-3-11-8(2)12-10-7-5-4-6-9(10)11/h8-10H,3-7H2,1-2H3. The lowest BCUT2D eigenvalue weighted by molar-refractivity contribution is 0.0115. The molecule has 2 fully saturated rings. The molecule has 70 valence electrons. The van der Waals surface area contributed by atoms with Crippen molar-refractivity contribution in [1.29, 1.82) is 0 Å². The van der Waals surface area contributed by atoms with Crippen molar-refractivity contribution < 1.29 is 4.74 Å². The van der Waals surface area contributed by atoms with Gasteiger partial charge in [-0.1, -0.05) is 19.8 Å². The number of ether oxygens (including phenoxy) is 1. The van der Waals surface area contributed by atoms with E-state index in [1.807, 2.05) is 0 Å². The Balaban J connectivity index is 2.05. The predicted octanol–water partition coefficient (Wildman–Crippen LogP) is 2.00. The SMILES string of the molecule is CCN1C(C)OC2CCCCC21. The summed E-state index contributed by atoms with van der Waals surface area (Å²) in [6, 6.07) is 0.735. The molecule has 2 heteroatoms. The number of fused-ring (bicyclic) bond motifs is 1. The number of hydrogen-bond acceptors (Lipinski definition) is 2. The molecule has 1 saturated heterocycles. The molecule has 0 aromatic carbocycles. The minimum Gasteiger partial charge on any atom is -0.359 e. The summed E-state index contributed by atoms with van der Waals surface area (Å²) in [4.78, 5) is 2.50. The molecule has 0 aromatic rings. The van der Waals surface area contributed by atoms with Crippen LogP contribution in [0.1, 0.15) is 39.5 Å². The van der Waals surface area contributed by atoms with Gasteiger partial charge >= 0.3 is 0 Å². The summed E-state index contributed by atoms with van der Waals surface area (Å²) in [5, 5.41) is 0. The van der Waals surface area contributed by atoms with Crippen molar-refractivity contribution in [2.75, 3.05) is 6.54 Å². The third kappa shape index (κ3) is 1.27. The molecule has 0 radical (unpaired) electrons. The zero-order valence-corrected chi connectivity index (χ0v) is 8.12. The van der Waals surface area contributed by atoms with Crippen LogP contribution in [0.3, 0.4) is 0 Å². The van der Waals surface area contributed by atoms with E-state index in [9.17, 15) is 0 Å². The van der Waals surface area contributed by atoms with Gasteiger partial charge in [0.05, 0.1) is 6.10 Å². The Morgan fingerprint density at radius 2 is 2.08 bits per heavy atom. The van der Waals surface area contributed by atoms with Gasteiger partial charge < -0.3 is 4.74 Å². The summed E-state index contributed by atoms with van der Waals surface area (Å²) in [6.45, 7) is 5.56. The molecule has 1 aliphatic carbocycles. The number of nitrogens with zero attached hydrogens (tertiary/aromatic N) is 1. The van der Waals surface area contributed by atoms with Crippen LogP contribution in [0.25, 0.3) is 0 Å². The van der Waals surface area contributed by atoms with E-state index in [1.165, 1.54) is 25.7 Å². The van der Waals surface area contributed by atoms with Gasteiger partial charge in [-0.25, -0.2) is 0 Å². The monoisotopic (exact) mass is 169 g/mol. The van der Waals surface area contributed by atoms with Gasteiger partial charge in [0.2, 0.25) is 0 Å². The van der Waals surface area contributed by atoms with E-state index >= 15 is 0 Å². The molecular formula is C10H19NO. The summed E-state index contributed by atoms with van der Waals surface area (Å²) in [6.07, 6.45) is 6.31. The Labute approximate surface area is 74.9 Å². The quantitative estimate of drug-likeness (QED) is 0.595. The van der Waals surface area contributed by atoms with Crippen LogP contribution in [0.4, 0.5) is 0 Å². The Bertz CT molecular complexity index is 160. The minimum atomic E-state index is 0.364. The zero-order chi connectivity index (χ0) is 8.55. The van der Waals surface area contributed by atoms with Crippen molar-refractivity contribution >= 4 is 0 Å². The zero-order valence-electron chi connectivity index (χ0n) is 8.12. The fourth-order valence-corrected chi connectivity index (χ4v) is 2.71. The molecule has 1 aliphatic heterocycles. The average molecular weight is 169 g/mol. The van der Waals surface area contributed by atoms with E-state index in [4.69, 9.17) is 4.74 Å². The maximum absolute atomic E-state index is 5.89. The maximum Gasteiger partial charge on any atom is 0.108 e. The molecule has 2 rings (SSSR count). The van der Waals surface area contributed by atoms with Crippen molar-refractivity contribution in [3.05, 3.63) is 0 Å². The van der Waals surface area contributed by atoms with Gasteiger partial charge in [-0.2, -0.15) is 0 Å². The van der Waals surface area contributed by atoms with E-state index in [1.54, 1.807) is 0 Å². The van der Waals surface area contributed by atoms with Gasteiger partial charge in [-0.15, -0.1) is 0 Å². The van der Waals surface area contributed by atoms with Crippen LogP contribution in [0.15, 0.2) is 0 Å². The first kappa shape index (κ1) is 8.52. The second-order valence-corrected chi connectivity index (χ2v) is 3.96. The molecule has 1 saturated carbocycles. The third-order valence-corrected chi connectivity index (χ3v) is 3.30. The number of rotatable bonds is 1. The van der Waals surface area contributed by atoms with Crippen LogP contribution in [-0.4, -0.2) is 29.8 Å². The highest BCUT2D eigenvalue weighted by Gasteiger charge is 2.39. The molecule has 3 unspecified atom stereocenters. The first-order valence-corrected chi connectivity index (χ1v) is 5.24. The highest BCUT2D eigenvalue weighted by atomic mass is 16.5. The summed E-state index contributed by atoms with van der Waals surface area (Å²) < 4.78 is 5.89. The fourth-order valence-electron chi connectivity index (χ4n) is 2.71. The van der Waals surface area contributed by atoms with E-state index < -0.39 is 0 Å². The fraction of sp³-hybridized carbons (Fsp3) is 1.00. The molecular weight excluding hydrogens is 150 g/mol. The molecule has 0 N–H and O–H groups in total. The van der Waals surface area contributed by atoms with Crippen LogP contribution < -0.4 is 0 Å². The Morgan fingerprint density at radius 3 is 2.83 bits per heavy atom. The average Bonchev–Trinajstić information content (AvgIpc) is 2.40. The van der Waals surface area contributed by atoms with Crippen molar-refractivity contribution in [1.82, 2.24) is 4.90 Å². The van der Waals surface area contributed by atoms with Gasteiger partial charge in [0.1, 0.15) is 6.23 Å². The van der Waals surface area contributed by atoms with Gasteiger partial charge in [-0.3, -0.25) is 4.90 Å². The molecule has 0 aromatic heterocycles. The van der Waals surface area contributed by atoms with Crippen LogP contribution in [0.2, 0.25) is 0 Å². The lowest BCUT2D eigenvalue weighted by atomic mass is 9.92. The Hall–Kier alpha value is -0.0800. The topological polar surface area (TPSA) is 12.5 Å². The van der Waals surface area contributed by atoms with E-state index in [-0.39, 0.29) is 0 Å². The van der Waals surface area contributed by atoms with Gasteiger partial charge in [0.15, 0.2) is 0 Å². The molecule has 0 spiro atoms. The highest BCUT2D eigenvalue weighted by molar-refractivity contribution is 4.89. The van der Waals surface area contributed by atoms with E-state index in [0.717, 1.165) is 12.6 Å². The normalized spacial score (nSPS) is 43.0. The minimum absolute atomic E-state index is 0.364. The van der Waals surface area contributed by atoms with Gasteiger partial charge in [-0.05, 0) is 26.3 Å². The van der Waals surface area contributed by atoms with Gasteiger partial charge in [0.25, 0.3) is 0 Å². The smallest absolute Gasteiger partial charge is 0.108 e. The van der Waals surface area contributed by atoms with Crippen LogP contribution in [0, 0.1) is 0 Å². The number of hydrogen-bond donors (Lipinski definition) is 0. The van der Waals surface area contributed by atoms with Crippen molar-refractivity contribution in [2.45, 2.75) is 57.9 Å². The lowest BCUT2D eigenvalue weighted by Gasteiger charge is -2.29. The van der Waals surface area contributed by atoms with E-state index in [2.05, 4.69) is 18.7 Å².